The smallest absolute Gasteiger partial charge is 0.358 e. The number of anilines is 2. The highest BCUT2D eigenvalue weighted by atomic mass is 16.5. The van der Waals surface area contributed by atoms with Gasteiger partial charge in [0, 0.05) is 41.8 Å². The molecule has 0 saturated heterocycles. The van der Waals surface area contributed by atoms with Gasteiger partial charge in [0.25, 0.3) is 17.7 Å². The predicted molar refractivity (Wildman–Crippen MR) is 202 cm³/mol. The van der Waals surface area contributed by atoms with E-state index in [4.69, 9.17) is 14.2 Å². The van der Waals surface area contributed by atoms with E-state index in [-0.39, 0.29) is 40.7 Å². The predicted octanol–water partition coefficient (Wildman–Crippen LogP) is 6.10. The molecule has 3 amide bonds. The minimum absolute atomic E-state index is 0.0337. The molecule has 1 fully saturated rings. The van der Waals surface area contributed by atoms with Crippen molar-refractivity contribution in [2.45, 2.75) is 19.3 Å². The van der Waals surface area contributed by atoms with Crippen molar-refractivity contribution in [1.82, 2.24) is 25.3 Å². The zero-order valence-electron chi connectivity index (χ0n) is 29.8. The lowest BCUT2D eigenvalue weighted by atomic mass is 9.85. The Morgan fingerprint density at radius 1 is 0.630 bits per heavy atom. The van der Waals surface area contributed by atoms with E-state index in [2.05, 4.69) is 35.9 Å². The van der Waals surface area contributed by atoms with Crippen LogP contribution in [-0.4, -0.2) is 71.5 Å². The molecule has 1 saturated carbocycles. The summed E-state index contributed by atoms with van der Waals surface area (Å²) in [5.74, 6) is -0.636. The minimum Gasteiger partial charge on any atom is -0.481 e. The second kappa shape index (κ2) is 17.0. The van der Waals surface area contributed by atoms with Gasteiger partial charge >= 0.3 is 5.97 Å². The Morgan fingerprint density at radius 2 is 1.13 bits per heavy atom. The number of methoxy groups -OCH3 is 3. The third-order valence-corrected chi connectivity index (χ3v) is 8.81. The molecule has 1 aliphatic carbocycles. The maximum atomic E-state index is 12.9. The number of nitrogens with one attached hydrogen (secondary N) is 3. The number of nitrogens with zero attached hydrogens (tertiary/aromatic N) is 4. The maximum absolute atomic E-state index is 12.9. The van der Waals surface area contributed by atoms with Crippen molar-refractivity contribution in [3.05, 3.63) is 120 Å². The number of para-hydroxylation sites is 2. The minimum atomic E-state index is -0.672. The molecule has 14 heteroatoms. The number of pyridine rings is 4. The van der Waals surface area contributed by atoms with Gasteiger partial charge < -0.3 is 30.2 Å². The second-order valence-electron chi connectivity index (χ2n) is 12.2. The number of carbonyl (C=O) groups is 4. The number of ether oxygens (including phenoxy) is 3. The zero-order chi connectivity index (χ0) is 38.0. The Hall–Kier alpha value is -6.96. The first-order valence-corrected chi connectivity index (χ1v) is 17.1. The van der Waals surface area contributed by atoms with Gasteiger partial charge in [0.2, 0.25) is 11.8 Å². The molecule has 0 spiro atoms. The molecule has 4 aromatic heterocycles. The first-order chi connectivity index (χ1) is 26.3. The number of esters is 1. The zero-order valence-corrected chi connectivity index (χ0v) is 29.8. The number of rotatable bonds is 10. The molecular weight excluding hydrogens is 690 g/mol. The standard InChI is InChI=1S/C22H22N4O3.C18H15N3O4/c1-29-19-10-9-18(20(26-19)22(28)24-13-14-5-4-6-14)25-21(27)16-11-12-23-17-8-3-2-7-15(16)17;1-24-15-8-7-14(16(21-15)18(23)25-2)20-17(22)12-9-10-19-13-6-4-3-5-11(12)13/h2-3,7-12,14H,4-6,13H2,1H3,(H,24,28)(H,25,27);3-10H,1-2H3,(H,20,22). The first kappa shape index (κ1) is 36.8. The van der Waals surface area contributed by atoms with Gasteiger partial charge in [0.15, 0.2) is 11.4 Å². The molecule has 7 rings (SSSR count). The van der Waals surface area contributed by atoms with E-state index in [1.54, 1.807) is 48.8 Å². The summed E-state index contributed by atoms with van der Waals surface area (Å²) in [4.78, 5) is 67.1. The molecule has 14 nitrogen and oxygen atoms in total. The second-order valence-corrected chi connectivity index (χ2v) is 12.2. The number of fused-ring (bicyclic) bond motifs is 2. The van der Waals surface area contributed by atoms with E-state index in [1.165, 1.54) is 27.8 Å². The Bertz CT molecular complexity index is 2340. The topological polar surface area (TPSA) is 184 Å². The van der Waals surface area contributed by atoms with Crippen molar-refractivity contribution in [2.75, 3.05) is 38.5 Å². The van der Waals surface area contributed by atoms with Gasteiger partial charge in [-0.25, -0.2) is 14.8 Å². The maximum Gasteiger partial charge on any atom is 0.358 e. The number of aromatic nitrogens is 4. The van der Waals surface area contributed by atoms with E-state index >= 15 is 0 Å². The third-order valence-electron chi connectivity index (χ3n) is 8.81. The van der Waals surface area contributed by atoms with E-state index in [1.807, 2.05) is 48.5 Å². The molecule has 3 N–H and O–H groups in total. The molecule has 4 heterocycles. The van der Waals surface area contributed by atoms with Crippen LogP contribution in [0.3, 0.4) is 0 Å². The number of hydrogen-bond acceptors (Lipinski definition) is 11. The molecule has 6 aromatic rings. The Kier molecular flexibility index (Phi) is 11.6. The van der Waals surface area contributed by atoms with Gasteiger partial charge in [-0.2, -0.15) is 0 Å². The average Bonchev–Trinajstić information content (AvgIpc) is 3.19. The Labute approximate surface area is 310 Å². The monoisotopic (exact) mass is 727 g/mol. The summed E-state index contributed by atoms with van der Waals surface area (Å²) in [5, 5.41) is 9.89. The number of hydrogen-bond donors (Lipinski definition) is 3. The molecule has 0 aliphatic heterocycles. The molecule has 0 radical (unpaired) electrons. The normalized spacial score (nSPS) is 12.1. The van der Waals surface area contributed by atoms with Crippen LogP contribution in [0, 0.1) is 5.92 Å². The summed E-state index contributed by atoms with van der Waals surface area (Å²) in [6, 6.07) is 24.3. The summed E-state index contributed by atoms with van der Waals surface area (Å²) in [7, 11) is 4.16. The fraction of sp³-hybridized carbons (Fsp3) is 0.200. The van der Waals surface area contributed by atoms with E-state index < -0.39 is 5.97 Å². The van der Waals surface area contributed by atoms with Crippen LogP contribution in [0.1, 0.15) is 61.0 Å². The Balaban J connectivity index is 0.000000186. The van der Waals surface area contributed by atoms with Crippen LogP contribution in [0.4, 0.5) is 11.4 Å². The Morgan fingerprint density at radius 3 is 1.61 bits per heavy atom. The van der Waals surface area contributed by atoms with E-state index in [9.17, 15) is 19.2 Å². The van der Waals surface area contributed by atoms with Crippen LogP contribution in [0.2, 0.25) is 0 Å². The number of amides is 3. The fourth-order valence-electron chi connectivity index (χ4n) is 5.72. The summed E-state index contributed by atoms with van der Waals surface area (Å²) in [5.41, 5.74) is 3.03. The van der Waals surface area contributed by atoms with Gasteiger partial charge in [-0.1, -0.05) is 42.8 Å². The van der Waals surface area contributed by atoms with Crippen LogP contribution in [0.15, 0.2) is 97.3 Å². The van der Waals surface area contributed by atoms with Crippen molar-refractivity contribution in [1.29, 1.82) is 0 Å². The highest BCUT2D eigenvalue weighted by Crippen LogP contribution is 2.26. The van der Waals surface area contributed by atoms with Gasteiger partial charge in [-0.15, -0.1) is 0 Å². The highest BCUT2D eigenvalue weighted by molar-refractivity contribution is 6.15. The van der Waals surface area contributed by atoms with Crippen molar-refractivity contribution >= 4 is 56.9 Å². The van der Waals surface area contributed by atoms with Crippen LogP contribution in [0.5, 0.6) is 11.8 Å². The molecule has 1 aliphatic rings. The van der Waals surface area contributed by atoms with Crippen molar-refractivity contribution in [3.8, 4) is 11.8 Å². The number of carbonyl (C=O) groups excluding carboxylic acids is 4. The lowest BCUT2D eigenvalue weighted by molar-refractivity contribution is 0.0594. The van der Waals surface area contributed by atoms with Gasteiger partial charge in [0.1, 0.15) is 0 Å². The van der Waals surface area contributed by atoms with Crippen LogP contribution in [0.25, 0.3) is 21.8 Å². The molecule has 54 heavy (non-hydrogen) atoms. The van der Waals surface area contributed by atoms with Gasteiger partial charge in [-0.05, 0) is 55.2 Å². The molecule has 0 unspecified atom stereocenters. The SMILES string of the molecule is COC(=O)c1nc(OC)ccc1NC(=O)c1ccnc2ccccc12.COc1ccc(NC(=O)c2ccnc3ccccc23)c(C(=O)NCC2CCC2)n1. The van der Waals surface area contributed by atoms with Crippen molar-refractivity contribution in [2.24, 2.45) is 5.92 Å². The lowest BCUT2D eigenvalue weighted by Gasteiger charge is -2.25. The molecule has 2 aromatic carbocycles. The summed E-state index contributed by atoms with van der Waals surface area (Å²) < 4.78 is 14.9. The van der Waals surface area contributed by atoms with Gasteiger partial charge in [0.05, 0.1) is 54.9 Å². The summed E-state index contributed by atoms with van der Waals surface area (Å²) >= 11 is 0. The van der Waals surface area contributed by atoms with Crippen molar-refractivity contribution < 1.29 is 33.4 Å². The summed E-state index contributed by atoms with van der Waals surface area (Å²) in [6.07, 6.45) is 6.62. The van der Waals surface area contributed by atoms with Crippen LogP contribution >= 0.6 is 0 Å². The molecule has 0 atom stereocenters. The highest BCUT2D eigenvalue weighted by Gasteiger charge is 2.22. The lowest BCUT2D eigenvalue weighted by Crippen LogP contribution is -2.33. The van der Waals surface area contributed by atoms with Crippen LogP contribution < -0.4 is 25.4 Å². The molecule has 274 valence electrons. The molecule has 0 bridgehead atoms. The third kappa shape index (κ3) is 8.39. The van der Waals surface area contributed by atoms with Crippen molar-refractivity contribution in [3.63, 3.8) is 0 Å². The first-order valence-electron chi connectivity index (χ1n) is 17.1. The average molecular weight is 728 g/mol. The summed E-state index contributed by atoms with van der Waals surface area (Å²) in [6.45, 7) is 0.611. The quantitative estimate of drug-likeness (QED) is 0.139. The van der Waals surface area contributed by atoms with Crippen LogP contribution in [-0.2, 0) is 4.74 Å². The van der Waals surface area contributed by atoms with E-state index in [0.717, 1.165) is 23.7 Å². The van der Waals surface area contributed by atoms with Gasteiger partial charge in [-0.3, -0.25) is 24.4 Å². The number of benzene rings is 2. The van der Waals surface area contributed by atoms with E-state index in [0.29, 0.717) is 46.1 Å². The molecular formula is C40H37N7O7. The fourth-order valence-corrected chi connectivity index (χ4v) is 5.72. The largest absolute Gasteiger partial charge is 0.481 e.